The zero-order chi connectivity index (χ0) is 15.8. The van der Waals surface area contributed by atoms with Gasteiger partial charge in [-0.1, -0.05) is 34.8 Å². The smallest absolute Gasteiger partial charge is 0.410 e. The van der Waals surface area contributed by atoms with Crippen LogP contribution in [-0.2, 0) is 8.53 Å². The number of rotatable bonds is 1. The number of ether oxygens (including phenoxy) is 1. The van der Waals surface area contributed by atoms with Crippen LogP contribution < -0.4 is 0 Å². The highest BCUT2D eigenvalue weighted by Crippen LogP contribution is 2.36. The molecule has 1 fully saturated rings. The zero-order valence-electron chi connectivity index (χ0n) is 11.9. The molecule has 5 nitrogen and oxygen atoms in total. The summed E-state index contributed by atoms with van der Waals surface area (Å²) in [4.78, 5) is 21.7. The maximum absolute atomic E-state index is 11.9. The average molecular weight is 353 g/mol. The highest BCUT2D eigenvalue weighted by atomic mass is 35.6. The van der Waals surface area contributed by atoms with E-state index in [0.29, 0.717) is 13.1 Å². The lowest BCUT2D eigenvalue weighted by atomic mass is 9.96. The van der Waals surface area contributed by atoms with Gasteiger partial charge in [0.1, 0.15) is 5.60 Å². The Morgan fingerprint density at radius 1 is 1.33 bits per heavy atom. The van der Waals surface area contributed by atoms with Gasteiger partial charge in [-0.15, -0.1) is 0 Å². The Labute approximate surface area is 138 Å². The van der Waals surface area contributed by atoms with Crippen LogP contribution in [0.4, 0.5) is 4.79 Å². The lowest BCUT2D eigenvalue weighted by Crippen LogP contribution is -2.50. The fraction of sp³-hybridized carbons (Fsp3) is 0.615. The Kier molecular flexibility index (Phi) is 4.57. The second-order valence-electron chi connectivity index (χ2n) is 5.89. The van der Waals surface area contributed by atoms with Crippen LogP contribution in [0.2, 0.25) is 0 Å². The number of nitrogens with zero attached hydrogens (tertiary/aromatic N) is 3. The van der Waals surface area contributed by atoms with Gasteiger partial charge in [-0.25, -0.2) is 14.8 Å². The first-order valence-corrected chi connectivity index (χ1v) is 7.58. The van der Waals surface area contributed by atoms with E-state index in [0.717, 1.165) is 5.69 Å². The summed E-state index contributed by atoms with van der Waals surface area (Å²) >= 11 is 17.3. The Balaban J connectivity index is 1.97. The number of alkyl halides is 3. The molecule has 0 saturated carbocycles. The maximum atomic E-state index is 11.9. The van der Waals surface area contributed by atoms with Gasteiger partial charge in [-0.3, -0.25) is 0 Å². The molecule has 21 heavy (non-hydrogen) atoms. The highest BCUT2D eigenvalue weighted by molar-refractivity contribution is 6.66. The van der Waals surface area contributed by atoms with Crippen molar-refractivity contribution in [1.82, 2.24) is 14.9 Å². The third-order valence-corrected chi connectivity index (χ3v) is 3.39. The van der Waals surface area contributed by atoms with E-state index in [2.05, 4.69) is 9.97 Å². The van der Waals surface area contributed by atoms with Gasteiger partial charge in [0, 0.05) is 25.2 Å². The molecule has 1 aliphatic heterocycles. The molecule has 0 bridgehead atoms. The van der Waals surface area contributed by atoms with E-state index in [1.807, 2.05) is 20.8 Å². The monoisotopic (exact) mass is 351 g/mol. The van der Waals surface area contributed by atoms with E-state index in [9.17, 15) is 4.79 Å². The number of likely N-dealkylation sites (tertiary alicyclic amines) is 1. The van der Waals surface area contributed by atoms with Crippen molar-refractivity contribution in [3.05, 3.63) is 23.8 Å². The molecule has 2 heterocycles. The third-order valence-electron chi connectivity index (χ3n) is 2.88. The first kappa shape index (κ1) is 16.6. The molecule has 1 aromatic heterocycles. The molecule has 0 aliphatic carbocycles. The zero-order valence-corrected chi connectivity index (χ0v) is 14.2. The molecule has 8 heteroatoms. The van der Waals surface area contributed by atoms with Crippen molar-refractivity contribution in [3.8, 4) is 0 Å². The Bertz CT molecular complexity index is 534. The lowest BCUT2D eigenvalue weighted by Gasteiger charge is -2.39. The quantitative estimate of drug-likeness (QED) is 0.724. The molecule has 0 spiro atoms. The molecule has 1 aliphatic rings. The normalized spacial score (nSPS) is 16.6. The van der Waals surface area contributed by atoms with Gasteiger partial charge >= 0.3 is 6.09 Å². The number of amides is 1. The van der Waals surface area contributed by atoms with Gasteiger partial charge in [-0.05, 0) is 26.8 Å². The van der Waals surface area contributed by atoms with Crippen LogP contribution in [0.25, 0.3) is 0 Å². The molecule has 0 atom stereocenters. The molecule has 0 aromatic carbocycles. The van der Waals surface area contributed by atoms with Crippen molar-refractivity contribution in [2.75, 3.05) is 13.1 Å². The molecule has 0 unspecified atom stereocenters. The third kappa shape index (κ3) is 4.34. The predicted molar refractivity (Wildman–Crippen MR) is 81.8 cm³/mol. The molecular formula is C13H16Cl3N3O2. The van der Waals surface area contributed by atoms with Crippen molar-refractivity contribution < 1.29 is 9.53 Å². The number of carbonyl (C=O) groups is 1. The Morgan fingerprint density at radius 2 is 1.95 bits per heavy atom. The van der Waals surface area contributed by atoms with Crippen molar-refractivity contribution in [2.45, 2.75) is 36.1 Å². The summed E-state index contributed by atoms with van der Waals surface area (Å²) in [7, 11) is 0. The number of hydrogen-bond donors (Lipinski definition) is 0. The highest BCUT2D eigenvalue weighted by Gasteiger charge is 2.36. The second-order valence-corrected chi connectivity index (χ2v) is 8.17. The predicted octanol–water partition coefficient (Wildman–Crippen LogP) is 3.64. The topological polar surface area (TPSA) is 55.3 Å². The molecular weight excluding hydrogens is 337 g/mol. The maximum Gasteiger partial charge on any atom is 0.410 e. The van der Waals surface area contributed by atoms with Gasteiger partial charge < -0.3 is 9.64 Å². The van der Waals surface area contributed by atoms with E-state index < -0.39 is 9.39 Å². The molecule has 0 radical (unpaired) electrons. The van der Waals surface area contributed by atoms with E-state index in [4.69, 9.17) is 39.5 Å². The number of halogens is 3. The van der Waals surface area contributed by atoms with E-state index in [-0.39, 0.29) is 17.8 Å². The van der Waals surface area contributed by atoms with Gasteiger partial charge in [0.15, 0.2) is 5.82 Å². The first-order chi connectivity index (χ1) is 9.56. The largest absolute Gasteiger partial charge is 0.444 e. The first-order valence-electron chi connectivity index (χ1n) is 6.44. The Morgan fingerprint density at radius 3 is 2.48 bits per heavy atom. The number of aromatic nitrogens is 2. The van der Waals surface area contributed by atoms with Crippen molar-refractivity contribution in [3.63, 3.8) is 0 Å². The van der Waals surface area contributed by atoms with Crippen LogP contribution >= 0.6 is 34.8 Å². The summed E-state index contributed by atoms with van der Waals surface area (Å²) in [6, 6.07) is 1.76. The Hall–Kier alpha value is -0.780. The summed E-state index contributed by atoms with van der Waals surface area (Å²) < 4.78 is 3.65. The second kappa shape index (κ2) is 5.78. The van der Waals surface area contributed by atoms with Crippen LogP contribution in [-0.4, -0.2) is 39.7 Å². The standard InChI is InChI=1S/C13H16Cl3N3O2/c1-12(2,3)21-11(20)19-6-8(7-19)9-4-5-17-10(18-9)13(14,15)16/h4-5,8H,6-7H2,1-3H3. The fourth-order valence-electron chi connectivity index (χ4n) is 1.88. The summed E-state index contributed by atoms with van der Waals surface area (Å²) in [5.74, 6) is 0.243. The number of carbonyl (C=O) groups excluding carboxylic acids is 1. The van der Waals surface area contributed by atoms with Crippen LogP contribution in [0.15, 0.2) is 12.3 Å². The summed E-state index contributed by atoms with van der Waals surface area (Å²) in [5, 5.41) is 0. The van der Waals surface area contributed by atoms with Gasteiger partial charge in [0.2, 0.25) is 3.79 Å². The number of hydrogen-bond acceptors (Lipinski definition) is 4. The minimum Gasteiger partial charge on any atom is -0.444 e. The van der Waals surface area contributed by atoms with Crippen LogP contribution in [0, 0.1) is 0 Å². The van der Waals surface area contributed by atoms with Gasteiger partial charge in [0.25, 0.3) is 0 Å². The van der Waals surface area contributed by atoms with Crippen molar-refractivity contribution in [2.24, 2.45) is 0 Å². The molecule has 2 rings (SSSR count). The van der Waals surface area contributed by atoms with E-state index in [1.54, 1.807) is 17.2 Å². The average Bonchev–Trinajstić information content (AvgIpc) is 2.23. The molecule has 0 N–H and O–H groups in total. The molecule has 1 saturated heterocycles. The summed E-state index contributed by atoms with van der Waals surface area (Å²) in [5.41, 5.74) is 0.255. The summed E-state index contributed by atoms with van der Waals surface area (Å²) in [6.45, 7) is 6.57. The lowest BCUT2D eigenvalue weighted by molar-refractivity contribution is 0.00785. The van der Waals surface area contributed by atoms with Gasteiger partial charge in [-0.2, -0.15) is 0 Å². The SMILES string of the molecule is CC(C)(C)OC(=O)N1CC(c2ccnc(C(Cl)(Cl)Cl)n2)C1. The van der Waals surface area contributed by atoms with E-state index >= 15 is 0 Å². The van der Waals surface area contributed by atoms with Crippen LogP contribution in [0.1, 0.15) is 38.2 Å². The van der Waals surface area contributed by atoms with Gasteiger partial charge in [0.05, 0.1) is 5.69 Å². The van der Waals surface area contributed by atoms with Crippen molar-refractivity contribution in [1.29, 1.82) is 0 Å². The van der Waals surface area contributed by atoms with Crippen LogP contribution in [0.3, 0.4) is 0 Å². The van der Waals surface area contributed by atoms with Crippen LogP contribution in [0.5, 0.6) is 0 Å². The molecule has 1 aromatic rings. The molecule has 1 amide bonds. The fourth-order valence-corrected chi connectivity index (χ4v) is 2.15. The van der Waals surface area contributed by atoms with Crippen molar-refractivity contribution >= 4 is 40.9 Å². The summed E-state index contributed by atoms with van der Waals surface area (Å²) in [6.07, 6.45) is 1.23. The van der Waals surface area contributed by atoms with E-state index in [1.165, 1.54) is 0 Å². The minimum absolute atomic E-state index is 0.103. The minimum atomic E-state index is -1.65. The molecule has 116 valence electrons.